The summed E-state index contributed by atoms with van der Waals surface area (Å²) in [5, 5.41) is 6.98. The first kappa shape index (κ1) is 15.0. The molecule has 0 atom stereocenters. The van der Waals surface area contributed by atoms with Crippen molar-refractivity contribution < 1.29 is 13.9 Å². The lowest BCUT2D eigenvalue weighted by molar-refractivity contribution is 0.0933. The van der Waals surface area contributed by atoms with E-state index in [9.17, 15) is 9.18 Å². The minimum absolute atomic E-state index is 0.0218. The van der Waals surface area contributed by atoms with Crippen LogP contribution in [0.25, 0.3) is 11.3 Å². The van der Waals surface area contributed by atoms with Crippen LogP contribution >= 0.6 is 0 Å². The Bertz CT molecular complexity index is 665. The molecular weight excluding hydrogens is 273 g/mol. The van der Waals surface area contributed by atoms with Gasteiger partial charge in [-0.1, -0.05) is 0 Å². The zero-order valence-electron chi connectivity index (χ0n) is 12.5. The number of halogens is 1. The van der Waals surface area contributed by atoms with Crippen molar-refractivity contribution in [2.24, 2.45) is 7.05 Å². The highest BCUT2D eigenvalue weighted by molar-refractivity contribution is 5.93. The summed E-state index contributed by atoms with van der Waals surface area (Å²) in [6.07, 6.45) is 0. The molecule has 1 aromatic heterocycles. The van der Waals surface area contributed by atoms with E-state index in [-0.39, 0.29) is 11.9 Å². The number of carbonyl (C=O) groups excluding carboxylic acids is 1. The summed E-state index contributed by atoms with van der Waals surface area (Å²) in [4.78, 5) is 12.0. The molecule has 1 aromatic carbocycles. The molecule has 0 unspecified atom stereocenters. The van der Waals surface area contributed by atoms with Gasteiger partial charge in [0.15, 0.2) is 0 Å². The maximum absolute atomic E-state index is 14.0. The van der Waals surface area contributed by atoms with E-state index in [1.54, 1.807) is 25.2 Å². The van der Waals surface area contributed by atoms with Gasteiger partial charge < -0.3 is 10.1 Å². The molecule has 0 saturated carbocycles. The van der Waals surface area contributed by atoms with E-state index in [4.69, 9.17) is 4.74 Å². The number of hydrogen-bond donors (Lipinski definition) is 1. The lowest BCUT2D eigenvalue weighted by Gasteiger charge is -2.07. The smallest absolute Gasteiger partial charge is 0.269 e. The molecule has 0 bridgehead atoms. The van der Waals surface area contributed by atoms with Crippen molar-refractivity contribution in [3.8, 4) is 17.0 Å². The molecule has 2 aromatic rings. The molecule has 0 saturated heterocycles. The Morgan fingerprint density at radius 1 is 1.38 bits per heavy atom. The molecule has 6 heteroatoms. The molecule has 0 radical (unpaired) electrons. The number of nitrogens with zero attached hydrogens (tertiary/aromatic N) is 2. The van der Waals surface area contributed by atoms with E-state index in [1.807, 2.05) is 13.8 Å². The van der Waals surface area contributed by atoms with Crippen LogP contribution in [0.1, 0.15) is 24.3 Å². The summed E-state index contributed by atoms with van der Waals surface area (Å²) < 4.78 is 20.5. The van der Waals surface area contributed by atoms with E-state index >= 15 is 0 Å². The van der Waals surface area contributed by atoms with E-state index in [2.05, 4.69) is 10.4 Å². The van der Waals surface area contributed by atoms with Crippen LogP contribution in [0.3, 0.4) is 0 Å². The normalized spacial score (nSPS) is 10.8. The van der Waals surface area contributed by atoms with Gasteiger partial charge in [0, 0.05) is 24.7 Å². The van der Waals surface area contributed by atoms with Gasteiger partial charge >= 0.3 is 0 Å². The number of carbonyl (C=O) groups is 1. The molecule has 1 heterocycles. The van der Waals surface area contributed by atoms with Crippen LogP contribution in [0.4, 0.5) is 4.39 Å². The standard InChI is InChI=1S/C15H18FN3O2/c1-9(2)17-15(20)14-8-13(18-19(14)3)11-6-5-10(21-4)7-12(11)16/h5-9H,1-4H3,(H,17,20). The topological polar surface area (TPSA) is 56.1 Å². The monoisotopic (exact) mass is 291 g/mol. The first-order chi connectivity index (χ1) is 9.92. The SMILES string of the molecule is COc1ccc(-c2cc(C(=O)NC(C)C)n(C)n2)c(F)c1. The van der Waals surface area contributed by atoms with Crippen molar-refractivity contribution in [3.05, 3.63) is 35.8 Å². The van der Waals surface area contributed by atoms with Gasteiger partial charge in [-0.25, -0.2) is 4.39 Å². The summed E-state index contributed by atoms with van der Waals surface area (Å²) in [6.45, 7) is 3.75. The highest BCUT2D eigenvalue weighted by atomic mass is 19.1. The molecule has 0 aliphatic heterocycles. The Balaban J connectivity index is 2.36. The summed E-state index contributed by atoms with van der Waals surface area (Å²) in [5.41, 5.74) is 1.12. The molecule has 0 aliphatic rings. The van der Waals surface area contributed by atoms with Crippen LogP contribution in [-0.4, -0.2) is 28.8 Å². The lowest BCUT2D eigenvalue weighted by atomic mass is 10.1. The van der Waals surface area contributed by atoms with Crippen LogP contribution < -0.4 is 10.1 Å². The molecule has 21 heavy (non-hydrogen) atoms. The number of aryl methyl sites for hydroxylation is 1. The van der Waals surface area contributed by atoms with Crippen LogP contribution in [0.15, 0.2) is 24.3 Å². The van der Waals surface area contributed by atoms with Gasteiger partial charge in [-0.3, -0.25) is 9.48 Å². The Labute approximate surface area is 122 Å². The van der Waals surface area contributed by atoms with Crippen molar-refractivity contribution >= 4 is 5.91 Å². The minimum atomic E-state index is -0.441. The van der Waals surface area contributed by atoms with Crippen molar-refractivity contribution in [2.45, 2.75) is 19.9 Å². The number of hydrogen-bond acceptors (Lipinski definition) is 3. The number of amides is 1. The summed E-state index contributed by atoms with van der Waals surface area (Å²) in [7, 11) is 3.13. The molecule has 0 fully saturated rings. The van der Waals surface area contributed by atoms with Crippen molar-refractivity contribution in [2.75, 3.05) is 7.11 Å². The van der Waals surface area contributed by atoms with E-state index in [0.29, 0.717) is 22.7 Å². The number of rotatable bonds is 4. The van der Waals surface area contributed by atoms with Crippen LogP contribution in [-0.2, 0) is 7.05 Å². The molecule has 5 nitrogen and oxygen atoms in total. The molecule has 112 valence electrons. The van der Waals surface area contributed by atoms with Gasteiger partial charge in [0.2, 0.25) is 0 Å². The molecule has 2 rings (SSSR count). The van der Waals surface area contributed by atoms with Crippen molar-refractivity contribution in [3.63, 3.8) is 0 Å². The highest BCUT2D eigenvalue weighted by Gasteiger charge is 2.17. The quantitative estimate of drug-likeness (QED) is 0.941. The van der Waals surface area contributed by atoms with E-state index in [0.717, 1.165) is 0 Å². The van der Waals surface area contributed by atoms with Crippen molar-refractivity contribution in [1.29, 1.82) is 0 Å². The lowest BCUT2D eigenvalue weighted by Crippen LogP contribution is -2.31. The summed E-state index contributed by atoms with van der Waals surface area (Å²) in [6, 6.07) is 6.12. The average Bonchev–Trinajstić information content (AvgIpc) is 2.79. The number of benzene rings is 1. The third kappa shape index (κ3) is 3.21. The Morgan fingerprint density at radius 3 is 2.67 bits per heavy atom. The third-order valence-corrected chi connectivity index (χ3v) is 2.98. The number of methoxy groups -OCH3 is 1. The van der Waals surface area contributed by atoms with E-state index < -0.39 is 5.82 Å². The van der Waals surface area contributed by atoms with Crippen LogP contribution in [0.2, 0.25) is 0 Å². The summed E-state index contributed by atoms with van der Waals surface area (Å²) >= 11 is 0. The minimum Gasteiger partial charge on any atom is -0.497 e. The average molecular weight is 291 g/mol. The Morgan fingerprint density at radius 2 is 2.10 bits per heavy atom. The second-order valence-corrected chi connectivity index (χ2v) is 5.01. The van der Waals surface area contributed by atoms with Gasteiger partial charge in [-0.2, -0.15) is 5.10 Å². The fourth-order valence-electron chi connectivity index (χ4n) is 1.98. The second-order valence-electron chi connectivity index (χ2n) is 5.01. The third-order valence-electron chi connectivity index (χ3n) is 2.98. The Hall–Kier alpha value is -2.37. The molecule has 0 aliphatic carbocycles. The van der Waals surface area contributed by atoms with Gasteiger partial charge in [0.05, 0.1) is 12.8 Å². The van der Waals surface area contributed by atoms with E-state index in [1.165, 1.54) is 17.9 Å². The van der Waals surface area contributed by atoms with Gasteiger partial charge in [0.25, 0.3) is 5.91 Å². The number of nitrogens with one attached hydrogen (secondary N) is 1. The zero-order chi connectivity index (χ0) is 15.6. The fraction of sp³-hybridized carbons (Fsp3) is 0.333. The zero-order valence-corrected chi connectivity index (χ0v) is 12.5. The maximum Gasteiger partial charge on any atom is 0.269 e. The maximum atomic E-state index is 14.0. The van der Waals surface area contributed by atoms with Crippen LogP contribution in [0, 0.1) is 5.82 Å². The van der Waals surface area contributed by atoms with Gasteiger partial charge in [-0.05, 0) is 32.0 Å². The first-order valence-corrected chi connectivity index (χ1v) is 6.61. The van der Waals surface area contributed by atoms with Gasteiger partial charge in [0.1, 0.15) is 17.3 Å². The van der Waals surface area contributed by atoms with Crippen molar-refractivity contribution in [1.82, 2.24) is 15.1 Å². The van der Waals surface area contributed by atoms with Crippen LogP contribution in [0.5, 0.6) is 5.75 Å². The Kier molecular flexibility index (Phi) is 4.26. The predicted molar refractivity (Wildman–Crippen MR) is 77.8 cm³/mol. The largest absolute Gasteiger partial charge is 0.497 e. The molecule has 0 spiro atoms. The highest BCUT2D eigenvalue weighted by Crippen LogP contribution is 2.25. The van der Waals surface area contributed by atoms with Gasteiger partial charge in [-0.15, -0.1) is 0 Å². The second kappa shape index (κ2) is 5.95. The first-order valence-electron chi connectivity index (χ1n) is 6.61. The molecule has 1 N–H and O–H groups in total. The predicted octanol–water partition coefficient (Wildman–Crippen LogP) is 2.37. The number of ether oxygens (including phenoxy) is 1. The molecular formula is C15H18FN3O2. The summed E-state index contributed by atoms with van der Waals surface area (Å²) in [5.74, 6) is -0.242. The number of aromatic nitrogens is 2. The molecule has 1 amide bonds. The fourth-order valence-corrected chi connectivity index (χ4v) is 1.98.